The van der Waals surface area contributed by atoms with Crippen LogP contribution in [0.5, 0.6) is 0 Å². The highest BCUT2D eigenvalue weighted by Gasteiger charge is 2.12. The number of hydrogen-bond donors (Lipinski definition) is 2. The number of benzene rings is 2. The third-order valence-corrected chi connectivity index (χ3v) is 5.85. The minimum absolute atomic E-state index is 0.233. The molecule has 2 N–H and O–H groups in total. The number of anilines is 1. The topological polar surface area (TPSA) is 54.3 Å². The molecule has 160 valence electrons. The predicted molar refractivity (Wildman–Crippen MR) is 133 cm³/mol. The number of amides is 1. The maximum Gasteiger partial charge on any atom is 0.250 e. The molecule has 3 aromatic rings. The molecule has 1 aromatic heterocycles. The smallest absolute Gasteiger partial charge is 0.250 e. The van der Waals surface area contributed by atoms with Crippen molar-refractivity contribution in [2.45, 2.75) is 26.2 Å². The first-order valence-electron chi connectivity index (χ1n) is 9.82. The molecule has 0 bridgehead atoms. The lowest BCUT2D eigenvalue weighted by Gasteiger charge is -2.16. The van der Waals surface area contributed by atoms with Crippen LogP contribution in [0.4, 0.5) is 5.69 Å². The Morgan fingerprint density at radius 1 is 1.13 bits per heavy atom. The van der Waals surface area contributed by atoms with Gasteiger partial charge in [0.1, 0.15) is 11.5 Å². The van der Waals surface area contributed by atoms with Crippen LogP contribution in [0.25, 0.3) is 17.4 Å². The van der Waals surface area contributed by atoms with Crippen molar-refractivity contribution in [2.24, 2.45) is 0 Å². The van der Waals surface area contributed by atoms with Crippen molar-refractivity contribution in [2.75, 3.05) is 5.32 Å². The van der Waals surface area contributed by atoms with Crippen molar-refractivity contribution in [3.05, 3.63) is 82.0 Å². The molecule has 0 aliphatic carbocycles. The number of thiocarbonyl (C=S) groups is 1. The molecule has 0 saturated carbocycles. The first-order chi connectivity index (χ1) is 14.9. The molecule has 31 heavy (non-hydrogen) atoms. The van der Waals surface area contributed by atoms with E-state index in [0.717, 1.165) is 17.7 Å². The predicted octanol–water partition coefficient (Wildman–Crippen LogP) is 7.29. The molecule has 0 radical (unpaired) electrons. The average molecular weight is 473 g/mol. The zero-order valence-electron chi connectivity index (χ0n) is 17.1. The highest BCUT2D eigenvalue weighted by Crippen LogP contribution is 2.34. The monoisotopic (exact) mass is 472 g/mol. The van der Waals surface area contributed by atoms with Gasteiger partial charge in [-0.25, -0.2) is 0 Å². The highest BCUT2D eigenvalue weighted by atomic mass is 35.5. The van der Waals surface area contributed by atoms with E-state index in [9.17, 15) is 4.79 Å². The molecular formula is C24H22Cl2N2O2S. The molecule has 1 unspecified atom stereocenters. The van der Waals surface area contributed by atoms with Crippen LogP contribution >= 0.6 is 35.4 Å². The van der Waals surface area contributed by atoms with E-state index >= 15 is 0 Å². The van der Waals surface area contributed by atoms with Gasteiger partial charge in [0, 0.05) is 17.3 Å². The summed E-state index contributed by atoms with van der Waals surface area (Å²) in [6.07, 6.45) is 3.93. The van der Waals surface area contributed by atoms with E-state index in [1.807, 2.05) is 24.3 Å². The molecule has 0 spiro atoms. The SMILES string of the molecule is CCC(C)c1ccccc1NC(=S)NC(=O)C=Cc1ccc(-c2cccc(Cl)c2Cl)o1. The Morgan fingerprint density at radius 3 is 2.68 bits per heavy atom. The number of para-hydroxylation sites is 1. The lowest BCUT2D eigenvalue weighted by Crippen LogP contribution is -2.33. The van der Waals surface area contributed by atoms with Gasteiger partial charge in [0.15, 0.2) is 5.11 Å². The largest absolute Gasteiger partial charge is 0.457 e. The summed E-state index contributed by atoms with van der Waals surface area (Å²) in [6, 6.07) is 16.8. The molecule has 4 nitrogen and oxygen atoms in total. The van der Waals surface area contributed by atoms with Crippen LogP contribution in [0, 0.1) is 0 Å². The number of hydrogen-bond acceptors (Lipinski definition) is 3. The Labute approximate surface area is 197 Å². The number of halogens is 2. The summed E-state index contributed by atoms with van der Waals surface area (Å²) in [7, 11) is 0. The van der Waals surface area contributed by atoms with Crippen LogP contribution in [0.2, 0.25) is 10.0 Å². The number of nitrogens with one attached hydrogen (secondary N) is 2. The minimum Gasteiger partial charge on any atom is -0.457 e. The second-order valence-corrected chi connectivity index (χ2v) is 8.17. The van der Waals surface area contributed by atoms with Crippen molar-refractivity contribution in [1.29, 1.82) is 0 Å². The summed E-state index contributed by atoms with van der Waals surface area (Å²) in [5, 5.41) is 6.86. The van der Waals surface area contributed by atoms with Gasteiger partial charge < -0.3 is 9.73 Å². The van der Waals surface area contributed by atoms with E-state index in [-0.39, 0.29) is 11.0 Å². The Kier molecular flexibility index (Phi) is 7.91. The third-order valence-electron chi connectivity index (χ3n) is 4.83. The molecule has 1 amide bonds. The molecular weight excluding hydrogens is 451 g/mol. The van der Waals surface area contributed by atoms with Crippen molar-refractivity contribution < 1.29 is 9.21 Å². The van der Waals surface area contributed by atoms with Crippen LogP contribution in [-0.4, -0.2) is 11.0 Å². The van der Waals surface area contributed by atoms with E-state index in [2.05, 4.69) is 30.5 Å². The molecule has 0 saturated heterocycles. The second kappa shape index (κ2) is 10.6. The van der Waals surface area contributed by atoms with E-state index in [1.54, 1.807) is 30.3 Å². The summed E-state index contributed by atoms with van der Waals surface area (Å²) >= 11 is 17.6. The van der Waals surface area contributed by atoms with Gasteiger partial charge in [0.25, 0.3) is 0 Å². The maximum absolute atomic E-state index is 12.3. The quantitative estimate of drug-likeness (QED) is 0.292. The molecule has 0 aliphatic rings. The van der Waals surface area contributed by atoms with Crippen LogP contribution in [0.15, 0.2) is 65.1 Å². The van der Waals surface area contributed by atoms with Crippen LogP contribution < -0.4 is 10.6 Å². The molecule has 0 fully saturated rings. The lowest BCUT2D eigenvalue weighted by molar-refractivity contribution is -0.115. The Morgan fingerprint density at radius 2 is 1.90 bits per heavy atom. The fraction of sp³-hybridized carbons (Fsp3) is 0.167. The molecule has 0 aliphatic heterocycles. The summed E-state index contributed by atoms with van der Waals surface area (Å²) in [5.41, 5.74) is 2.73. The van der Waals surface area contributed by atoms with E-state index in [1.165, 1.54) is 6.08 Å². The van der Waals surface area contributed by atoms with E-state index in [0.29, 0.717) is 33.0 Å². The van der Waals surface area contributed by atoms with Crippen LogP contribution in [0.1, 0.15) is 37.5 Å². The molecule has 3 rings (SSSR count). The van der Waals surface area contributed by atoms with Crippen LogP contribution in [-0.2, 0) is 4.79 Å². The molecule has 7 heteroatoms. The molecule has 1 heterocycles. The maximum atomic E-state index is 12.3. The van der Waals surface area contributed by atoms with Gasteiger partial charge in [-0.3, -0.25) is 10.1 Å². The van der Waals surface area contributed by atoms with Gasteiger partial charge in [-0.05, 0) is 66.5 Å². The van der Waals surface area contributed by atoms with Gasteiger partial charge in [-0.2, -0.15) is 0 Å². The van der Waals surface area contributed by atoms with Gasteiger partial charge in [0.05, 0.1) is 10.0 Å². The highest BCUT2D eigenvalue weighted by molar-refractivity contribution is 7.80. The standard InChI is InChI=1S/C24H22Cl2N2O2S/c1-3-15(2)17-7-4-5-10-20(17)27-24(31)28-22(29)14-12-16-11-13-21(30-16)18-8-6-9-19(25)23(18)26/h4-15H,3H2,1-2H3,(H2,27,28,29,31). The van der Waals surface area contributed by atoms with Crippen molar-refractivity contribution in [3.8, 4) is 11.3 Å². The minimum atomic E-state index is -0.364. The number of carbonyl (C=O) groups excluding carboxylic acids is 1. The van der Waals surface area contributed by atoms with Crippen molar-refractivity contribution in [3.63, 3.8) is 0 Å². The number of rotatable bonds is 6. The van der Waals surface area contributed by atoms with Gasteiger partial charge in [0.2, 0.25) is 5.91 Å². The Bertz CT molecular complexity index is 1120. The third kappa shape index (κ3) is 5.97. The molecule has 1 atom stereocenters. The zero-order chi connectivity index (χ0) is 22.4. The summed E-state index contributed by atoms with van der Waals surface area (Å²) in [4.78, 5) is 12.3. The first kappa shape index (κ1) is 23.1. The van der Waals surface area contributed by atoms with Crippen molar-refractivity contribution >= 4 is 58.2 Å². The Balaban J connectivity index is 1.62. The first-order valence-corrected chi connectivity index (χ1v) is 11.0. The summed E-state index contributed by atoms with van der Waals surface area (Å²) < 4.78 is 5.75. The second-order valence-electron chi connectivity index (χ2n) is 6.98. The number of furan rings is 1. The summed E-state index contributed by atoms with van der Waals surface area (Å²) in [6.45, 7) is 4.28. The average Bonchev–Trinajstić information content (AvgIpc) is 3.23. The fourth-order valence-corrected chi connectivity index (χ4v) is 3.61. The van der Waals surface area contributed by atoms with E-state index in [4.69, 9.17) is 39.8 Å². The van der Waals surface area contributed by atoms with Gasteiger partial charge >= 0.3 is 0 Å². The number of carbonyl (C=O) groups is 1. The Hall–Kier alpha value is -2.60. The van der Waals surface area contributed by atoms with Gasteiger partial charge in [-0.15, -0.1) is 0 Å². The van der Waals surface area contributed by atoms with Crippen LogP contribution in [0.3, 0.4) is 0 Å². The van der Waals surface area contributed by atoms with E-state index < -0.39 is 0 Å². The lowest BCUT2D eigenvalue weighted by atomic mass is 9.97. The summed E-state index contributed by atoms with van der Waals surface area (Å²) in [5.74, 6) is 1.08. The fourth-order valence-electron chi connectivity index (χ4n) is 3.01. The molecule has 2 aromatic carbocycles. The van der Waals surface area contributed by atoms with Crippen molar-refractivity contribution in [1.82, 2.24) is 5.32 Å². The van der Waals surface area contributed by atoms with Gasteiger partial charge in [-0.1, -0.05) is 61.3 Å². The normalized spacial score (nSPS) is 12.0. The zero-order valence-corrected chi connectivity index (χ0v) is 19.4.